The molecule has 31 heavy (non-hydrogen) atoms. The molecule has 0 saturated heterocycles. The van der Waals surface area contributed by atoms with Crippen molar-refractivity contribution >= 4 is 45.2 Å². The third-order valence-corrected chi connectivity index (χ3v) is 5.80. The molecule has 0 radical (unpaired) electrons. The number of aromatic amines is 1. The van der Waals surface area contributed by atoms with Crippen LogP contribution in [-0.4, -0.2) is 14.5 Å². The van der Waals surface area contributed by atoms with Crippen LogP contribution in [-0.2, 0) is 6.54 Å². The molecule has 0 atom stereocenters. The van der Waals surface area contributed by atoms with E-state index in [0.717, 1.165) is 43.6 Å². The molecule has 4 nitrogen and oxygen atoms in total. The van der Waals surface area contributed by atoms with Crippen LogP contribution in [0, 0.1) is 18.3 Å². The van der Waals surface area contributed by atoms with E-state index in [1.807, 2.05) is 67.6 Å². The van der Waals surface area contributed by atoms with Crippen molar-refractivity contribution in [2.24, 2.45) is 0 Å². The molecule has 3 aromatic carbocycles. The van der Waals surface area contributed by atoms with E-state index in [1.54, 1.807) is 0 Å². The van der Waals surface area contributed by atoms with Gasteiger partial charge in [-0.2, -0.15) is 5.26 Å². The normalized spacial score (nSPS) is 11.8. The van der Waals surface area contributed by atoms with Crippen molar-refractivity contribution in [1.29, 1.82) is 5.26 Å². The Morgan fingerprint density at radius 1 is 1.13 bits per heavy atom. The lowest BCUT2D eigenvalue weighted by atomic mass is 10.1. The summed E-state index contributed by atoms with van der Waals surface area (Å²) in [6, 6.07) is 24.4. The third-order valence-electron chi connectivity index (χ3n) is 5.43. The minimum Gasteiger partial charge on any atom is -0.342 e. The van der Waals surface area contributed by atoms with Gasteiger partial charge in [0.1, 0.15) is 11.9 Å². The summed E-state index contributed by atoms with van der Waals surface area (Å²) in [5.74, 6) is 0.575. The highest BCUT2D eigenvalue weighted by atomic mass is 35.5. The van der Waals surface area contributed by atoms with Gasteiger partial charge in [-0.05, 0) is 48.4 Å². The molecular formula is C26H19ClN4. The summed E-state index contributed by atoms with van der Waals surface area (Å²) in [7, 11) is 0. The fourth-order valence-electron chi connectivity index (χ4n) is 3.89. The molecule has 5 aromatic rings. The molecule has 0 aliphatic heterocycles. The summed E-state index contributed by atoms with van der Waals surface area (Å²) in [6.07, 6.45) is 3.97. The van der Waals surface area contributed by atoms with Gasteiger partial charge in [0.2, 0.25) is 0 Å². The van der Waals surface area contributed by atoms with E-state index < -0.39 is 0 Å². The minimum atomic E-state index is 0.495. The lowest BCUT2D eigenvalue weighted by Crippen LogP contribution is -1.98. The number of para-hydroxylation sites is 1. The SMILES string of the molecule is Cc1ccc2nc(/C(C#N)=C\c3cn(Cc4ccccc4Cl)c4ccccc34)[nH]c2c1. The number of aromatic nitrogens is 3. The zero-order valence-corrected chi connectivity index (χ0v) is 17.7. The van der Waals surface area contributed by atoms with Gasteiger partial charge in [-0.3, -0.25) is 0 Å². The van der Waals surface area contributed by atoms with Crippen LogP contribution >= 0.6 is 11.6 Å². The van der Waals surface area contributed by atoms with Crippen molar-refractivity contribution in [2.45, 2.75) is 13.5 Å². The third kappa shape index (κ3) is 3.61. The fraction of sp³-hybridized carbons (Fsp3) is 0.0769. The molecule has 0 saturated carbocycles. The van der Waals surface area contributed by atoms with Crippen molar-refractivity contribution in [2.75, 3.05) is 0 Å². The van der Waals surface area contributed by atoms with Crippen LogP contribution in [0.15, 0.2) is 72.9 Å². The molecule has 0 aliphatic rings. The maximum absolute atomic E-state index is 9.87. The molecule has 0 unspecified atom stereocenters. The number of fused-ring (bicyclic) bond motifs is 2. The molecule has 5 rings (SSSR count). The number of hydrogen-bond acceptors (Lipinski definition) is 2. The maximum atomic E-state index is 9.87. The fourth-order valence-corrected chi connectivity index (χ4v) is 4.09. The van der Waals surface area contributed by atoms with Crippen LogP contribution in [0.1, 0.15) is 22.5 Å². The molecule has 5 heteroatoms. The van der Waals surface area contributed by atoms with Crippen molar-refractivity contribution in [1.82, 2.24) is 14.5 Å². The number of halogens is 1. The molecule has 150 valence electrons. The Balaban J connectivity index is 1.61. The van der Waals surface area contributed by atoms with E-state index >= 15 is 0 Å². The monoisotopic (exact) mass is 422 g/mol. The smallest absolute Gasteiger partial charge is 0.149 e. The van der Waals surface area contributed by atoms with E-state index in [1.165, 1.54) is 0 Å². The predicted octanol–water partition coefficient (Wildman–Crippen LogP) is 6.59. The van der Waals surface area contributed by atoms with Crippen LogP contribution in [0.25, 0.3) is 33.6 Å². The number of hydrogen-bond donors (Lipinski definition) is 1. The molecule has 0 amide bonds. The standard InChI is InChI=1S/C26H19ClN4/c1-17-10-11-23-24(12-17)30-26(29-23)19(14-28)13-20-16-31(25-9-5-3-7-21(20)25)15-18-6-2-4-8-22(18)27/h2-13,16H,15H2,1H3,(H,29,30)/b19-13-. The molecular weight excluding hydrogens is 404 g/mol. The predicted molar refractivity (Wildman–Crippen MR) is 127 cm³/mol. The number of nitrogens with zero attached hydrogens (tertiary/aromatic N) is 3. The first-order chi connectivity index (χ1) is 15.1. The van der Waals surface area contributed by atoms with E-state index in [4.69, 9.17) is 11.6 Å². The topological polar surface area (TPSA) is 57.4 Å². The second-order valence-corrected chi connectivity index (χ2v) is 8.00. The Kier molecular flexibility index (Phi) is 4.82. The van der Waals surface area contributed by atoms with E-state index in [9.17, 15) is 5.26 Å². The summed E-state index contributed by atoms with van der Waals surface area (Å²) in [5, 5.41) is 11.7. The zero-order valence-electron chi connectivity index (χ0n) is 16.9. The Labute approximate surface area is 185 Å². The molecule has 0 spiro atoms. The highest BCUT2D eigenvalue weighted by molar-refractivity contribution is 6.31. The van der Waals surface area contributed by atoms with Gasteiger partial charge in [-0.1, -0.05) is 54.1 Å². The highest BCUT2D eigenvalue weighted by Crippen LogP contribution is 2.28. The minimum absolute atomic E-state index is 0.495. The van der Waals surface area contributed by atoms with Crippen LogP contribution in [0.5, 0.6) is 0 Å². The first-order valence-corrected chi connectivity index (χ1v) is 10.4. The van der Waals surface area contributed by atoms with Gasteiger partial charge in [0.15, 0.2) is 0 Å². The zero-order chi connectivity index (χ0) is 21.4. The van der Waals surface area contributed by atoms with E-state index in [2.05, 4.69) is 38.9 Å². The largest absolute Gasteiger partial charge is 0.342 e. The maximum Gasteiger partial charge on any atom is 0.149 e. The van der Waals surface area contributed by atoms with Gasteiger partial charge in [0.05, 0.1) is 16.6 Å². The van der Waals surface area contributed by atoms with Gasteiger partial charge < -0.3 is 9.55 Å². The number of nitriles is 1. The van der Waals surface area contributed by atoms with Gasteiger partial charge in [-0.25, -0.2) is 4.98 Å². The Morgan fingerprint density at radius 2 is 1.94 bits per heavy atom. The number of nitrogens with one attached hydrogen (secondary N) is 1. The number of rotatable bonds is 4. The van der Waals surface area contributed by atoms with Gasteiger partial charge >= 0.3 is 0 Å². The average molecular weight is 423 g/mol. The van der Waals surface area contributed by atoms with E-state index in [0.29, 0.717) is 17.9 Å². The number of benzene rings is 3. The first kappa shape index (κ1) is 19.2. The number of aryl methyl sites for hydroxylation is 1. The lowest BCUT2D eigenvalue weighted by Gasteiger charge is -2.07. The second-order valence-electron chi connectivity index (χ2n) is 7.60. The molecule has 2 aromatic heterocycles. The van der Waals surface area contributed by atoms with E-state index in [-0.39, 0.29) is 0 Å². The summed E-state index contributed by atoms with van der Waals surface area (Å²) >= 11 is 6.39. The first-order valence-electron chi connectivity index (χ1n) is 10.0. The van der Waals surface area contributed by atoms with Gasteiger partial charge in [-0.15, -0.1) is 0 Å². The van der Waals surface area contributed by atoms with Crippen LogP contribution < -0.4 is 0 Å². The quantitative estimate of drug-likeness (QED) is 0.332. The summed E-state index contributed by atoms with van der Waals surface area (Å²) in [4.78, 5) is 7.90. The summed E-state index contributed by atoms with van der Waals surface area (Å²) in [6.45, 7) is 2.69. The molecule has 0 aliphatic carbocycles. The average Bonchev–Trinajstić information content (AvgIpc) is 3.35. The number of H-pyrrole nitrogens is 1. The lowest BCUT2D eigenvalue weighted by molar-refractivity contribution is 0.836. The van der Waals surface area contributed by atoms with Gasteiger partial charge in [0.25, 0.3) is 0 Å². The second kappa shape index (κ2) is 7.79. The van der Waals surface area contributed by atoms with Crippen molar-refractivity contribution in [3.8, 4) is 6.07 Å². The Morgan fingerprint density at radius 3 is 2.77 bits per heavy atom. The Bertz CT molecular complexity index is 1500. The molecule has 0 fully saturated rings. The molecule has 1 N–H and O–H groups in total. The number of imidazole rings is 1. The molecule has 2 heterocycles. The van der Waals surface area contributed by atoms with Gasteiger partial charge in [0, 0.05) is 34.2 Å². The van der Waals surface area contributed by atoms with Crippen molar-refractivity contribution < 1.29 is 0 Å². The van der Waals surface area contributed by atoms with Crippen LogP contribution in [0.2, 0.25) is 5.02 Å². The van der Waals surface area contributed by atoms with Crippen LogP contribution in [0.4, 0.5) is 0 Å². The molecule has 0 bridgehead atoms. The number of allylic oxidation sites excluding steroid dienone is 1. The van der Waals surface area contributed by atoms with Crippen LogP contribution in [0.3, 0.4) is 0 Å². The van der Waals surface area contributed by atoms with Crippen molar-refractivity contribution in [3.05, 3.63) is 100 Å². The summed E-state index contributed by atoms with van der Waals surface area (Å²) in [5.41, 5.74) is 6.53. The van der Waals surface area contributed by atoms with Crippen molar-refractivity contribution in [3.63, 3.8) is 0 Å². The Hall–Kier alpha value is -3.81. The summed E-state index contributed by atoms with van der Waals surface area (Å²) < 4.78 is 2.17. The highest BCUT2D eigenvalue weighted by Gasteiger charge is 2.12.